The third-order valence-corrected chi connectivity index (χ3v) is 5.16. The molecule has 3 aromatic rings. The molecule has 2 heterocycles. The molecule has 0 radical (unpaired) electrons. The molecule has 0 saturated carbocycles. The monoisotopic (exact) mass is 419 g/mol. The van der Waals surface area contributed by atoms with Gasteiger partial charge in [-0.25, -0.2) is 9.97 Å². The minimum atomic E-state index is -0.453. The quantitative estimate of drug-likeness (QED) is 0.653. The highest BCUT2D eigenvalue weighted by atomic mass is 35.5. The van der Waals surface area contributed by atoms with E-state index in [2.05, 4.69) is 14.9 Å². The van der Waals surface area contributed by atoms with Crippen LogP contribution in [0.3, 0.4) is 0 Å². The largest absolute Gasteiger partial charge is 0.400 e. The van der Waals surface area contributed by atoms with Crippen molar-refractivity contribution in [3.8, 4) is 11.1 Å². The summed E-state index contributed by atoms with van der Waals surface area (Å²) < 4.78 is 5.45. The van der Waals surface area contributed by atoms with Gasteiger partial charge < -0.3 is 19.5 Å². The number of benzene rings is 2. The number of aldehydes is 1. The molecule has 6 nitrogen and oxygen atoms in total. The number of aliphatic hydroxyl groups excluding tert-OH is 1. The molecule has 1 saturated heterocycles. The van der Waals surface area contributed by atoms with Crippen molar-refractivity contribution in [2.24, 2.45) is 0 Å². The molecule has 1 N–H and O–H groups in total. The highest BCUT2D eigenvalue weighted by Crippen LogP contribution is 2.36. The van der Waals surface area contributed by atoms with Gasteiger partial charge >= 0.3 is 0 Å². The lowest BCUT2D eigenvalue weighted by Gasteiger charge is -2.32. The second-order valence-corrected chi connectivity index (χ2v) is 6.83. The normalized spacial score (nSPS) is 16.4. The zero-order valence-electron chi connectivity index (χ0n) is 15.2. The van der Waals surface area contributed by atoms with Crippen LogP contribution in [-0.2, 0) is 9.53 Å². The molecule has 4 rings (SSSR count). The molecule has 28 heavy (non-hydrogen) atoms. The number of nitrogens with zero attached hydrogens (tertiary/aromatic N) is 3. The molecule has 2 aromatic carbocycles. The first-order valence-corrected chi connectivity index (χ1v) is 9.38. The van der Waals surface area contributed by atoms with Crippen LogP contribution in [0.4, 0.5) is 5.82 Å². The number of fused-ring (bicyclic) bond motifs is 1. The van der Waals surface area contributed by atoms with Crippen molar-refractivity contribution in [3.05, 3.63) is 52.8 Å². The summed E-state index contributed by atoms with van der Waals surface area (Å²) in [7, 11) is 1.00. The molecular weight excluding hydrogens is 401 g/mol. The Morgan fingerprint density at radius 1 is 1.18 bits per heavy atom. The molecule has 0 spiro atoms. The average molecular weight is 420 g/mol. The lowest BCUT2D eigenvalue weighted by atomic mass is 10.0. The van der Waals surface area contributed by atoms with Gasteiger partial charge in [-0.1, -0.05) is 41.4 Å². The van der Waals surface area contributed by atoms with Crippen LogP contribution in [0.2, 0.25) is 10.0 Å². The molecule has 1 aliphatic heterocycles. The number of aliphatic hydroxyl groups is 1. The van der Waals surface area contributed by atoms with Crippen LogP contribution in [0.15, 0.2) is 42.7 Å². The smallest absolute Gasteiger partial charge is 0.150 e. The molecule has 8 heteroatoms. The van der Waals surface area contributed by atoms with Crippen LogP contribution in [0.1, 0.15) is 0 Å². The van der Waals surface area contributed by atoms with Crippen LogP contribution in [-0.4, -0.2) is 54.3 Å². The summed E-state index contributed by atoms with van der Waals surface area (Å²) in [5, 5.41) is 8.92. The summed E-state index contributed by atoms with van der Waals surface area (Å²) >= 11 is 12.3. The Kier molecular flexibility index (Phi) is 6.80. The molecule has 0 amide bonds. The number of ether oxygens (including phenoxy) is 1. The molecule has 1 aliphatic rings. The fourth-order valence-corrected chi connectivity index (χ4v) is 3.49. The number of rotatable bonds is 3. The lowest BCUT2D eigenvalue weighted by molar-refractivity contribution is -0.118. The van der Waals surface area contributed by atoms with Crippen LogP contribution in [0, 0.1) is 0 Å². The van der Waals surface area contributed by atoms with Gasteiger partial charge in [0.15, 0.2) is 6.29 Å². The zero-order valence-corrected chi connectivity index (χ0v) is 16.7. The number of carbonyl (C=O) groups is 1. The number of halogens is 2. The first-order valence-electron chi connectivity index (χ1n) is 8.63. The molecule has 1 aromatic heterocycles. The molecular formula is C20H19Cl2N3O3. The standard InChI is InChI=1S/C19H15Cl2N3O2.CH4O/c20-15-5-4-12(8-16(15)21)14-2-1-3-17-18(14)19(23-11-22-17)24-6-7-26-13(9-24)10-25;1-2/h1-5,8,10-11,13H,6-7,9H2;2H,1H3. The predicted molar refractivity (Wildman–Crippen MR) is 111 cm³/mol. The van der Waals surface area contributed by atoms with Crippen molar-refractivity contribution < 1.29 is 14.6 Å². The van der Waals surface area contributed by atoms with E-state index in [1.54, 1.807) is 12.4 Å². The number of hydrogen-bond acceptors (Lipinski definition) is 6. The second kappa shape index (κ2) is 9.30. The SMILES string of the molecule is CO.O=CC1CN(c2ncnc3cccc(-c4ccc(Cl)c(Cl)c4)c23)CCO1. The van der Waals surface area contributed by atoms with Crippen molar-refractivity contribution in [2.45, 2.75) is 6.10 Å². The van der Waals surface area contributed by atoms with E-state index in [4.69, 9.17) is 33.0 Å². The topological polar surface area (TPSA) is 75.5 Å². The Morgan fingerprint density at radius 3 is 2.75 bits per heavy atom. The van der Waals surface area contributed by atoms with E-state index in [1.165, 1.54) is 0 Å². The van der Waals surface area contributed by atoms with Crippen molar-refractivity contribution >= 4 is 46.2 Å². The number of aromatic nitrogens is 2. The number of anilines is 1. The lowest BCUT2D eigenvalue weighted by Crippen LogP contribution is -2.43. The van der Waals surface area contributed by atoms with Gasteiger partial charge in [-0.2, -0.15) is 0 Å². The summed E-state index contributed by atoms with van der Waals surface area (Å²) in [6.45, 7) is 1.60. The maximum Gasteiger partial charge on any atom is 0.150 e. The van der Waals surface area contributed by atoms with Crippen LogP contribution in [0.25, 0.3) is 22.0 Å². The molecule has 0 bridgehead atoms. The highest BCUT2D eigenvalue weighted by molar-refractivity contribution is 6.42. The van der Waals surface area contributed by atoms with Gasteiger partial charge in [0.05, 0.1) is 34.1 Å². The molecule has 0 aliphatic carbocycles. The Balaban J connectivity index is 0.00000109. The van der Waals surface area contributed by atoms with Gasteiger partial charge in [-0.3, -0.25) is 0 Å². The third-order valence-electron chi connectivity index (χ3n) is 4.42. The Bertz CT molecular complexity index is 979. The maximum atomic E-state index is 11.1. The van der Waals surface area contributed by atoms with Gasteiger partial charge in [-0.15, -0.1) is 0 Å². The molecule has 1 fully saturated rings. The van der Waals surface area contributed by atoms with E-state index in [9.17, 15) is 4.79 Å². The first kappa shape index (κ1) is 20.5. The Hall–Kier alpha value is -2.25. The molecule has 1 unspecified atom stereocenters. The van der Waals surface area contributed by atoms with E-state index in [-0.39, 0.29) is 0 Å². The van der Waals surface area contributed by atoms with E-state index in [0.29, 0.717) is 29.7 Å². The average Bonchev–Trinajstić information content (AvgIpc) is 2.76. The summed E-state index contributed by atoms with van der Waals surface area (Å²) in [5.41, 5.74) is 2.72. The number of hydrogen-bond donors (Lipinski definition) is 1. The fourth-order valence-electron chi connectivity index (χ4n) is 3.19. The van der Waals surface area contributed by atoms with E-state index in [1.807, 2.05) is 30.3 Å². The van der Waals surface area contributed by atoms with Crippen LogP contribution >= 0.6 is 23.2 Å². The van der Waals surface area contributed by atoms with Crippen molar-refractivity contribution in [1.29, 1.82) is 0 Å². The van der Waals surface area contributed by atoms with E-state index < -0.39 is 6.10 Å². The Labute approximate surface area is 172 Å². The predicted octanol–water partition coefficient (Wildman–Crippen LogP) is 3.62. The summed E-state index contributed by atoms with van der Waals surface area (Å²) in [4.78, 5) is 22.1. The van der Waals surface area contributed by atoms with Crippen molar-refractivity contribution in [1.82, 2.24) is 9.97 Å². The van der Waals surface area contributed by atoms with Crippen LogP contribution < -0.4 is 4.90 Å². The maximum absolute atomic E-state index is 11.1. The van der Waals surface area contributed by atoms with Gasteiger partial charge in [0.1, 0.15) is 18.2 Å². The summed E-state index contributed by atoms with van der Waals surface area (Å²) in [5.74, 6) is 0.784. The minimum absolute atomic E-state index is 0.453. The van der Waals surface area contributed by atoms with E-state index >= 15 is 0 Å². The summed E-state index contributed by atoms with van der Waals surface area (Å²) in [6.07, 6.45) is 1.92. The van der Waals surface area contributed by atoms with Crippen molar-refractivity contribution in [2.75, 3.05) is 31.7 Å². The second-order valence-electron chi connectivity index (χ2n) is 6.02. The van der Waals surface area contributed by atoms with E-state index in [0.717, 1.165) is 41.2 Å². The van der Waals surface area contributed by atoms with Gasteiger partial charge in [-0.05, 0) is 29.3 Å². The number of morpholine rings is 1. The van der Waals surface area contributed by atoms with Gasteiger partial charge in [0.25, 0.3) is 0 Å². The van der Waals surface area contributed by atoms with Gasteiger partial charge in [0.2, 0.25) is 0 Å². The van der Waals surface area contributed by atoms with Crippen LogP contribution in [0.5, 0.6) is 0 Å². The fraction of sp³-hybridized carbons (Fsp3) is 0.250. The highest BCUT2D eigenvalue weighted by Gasteiger charge is 2.23. The van der Waals surface area contributed by atoms with Crippen molar-refractivity contribution in [3.63, 3.8) is 0 Å². The Morgan fingerprint density at radius 2 is 2.00 bits per heavy atom. The van der Waals surface area contributed by atoms with Gasteiger partial charge in [0, 0.05) is 13.7 Å². The number of carbonyl (C=O) groups excluding carboxylic acids is 1. The zero-order chi connectivity index (χ0) is 20.1. The summed E-state index contributed by atoms with van der Waals surface area (Å²) in [6, 6.07) is 11.4. The third kappa shape index (κ3) is 4.10. The minimum Gasteiger partial charge on any atom is -0.400 e. The molecule has 146 valence electrons. The molecule has 1 atom stereocenters. The first-order chi connectivity index (χ1) is 13.7.